The van der Waals surface area contributed by atoms with E-state index in [4.69, 9.17) is 17.3 Å². The molecule has 0 spiro atoms. The van der Waals surface area contributed by atoms with Crippen molar-refractivity contribution in [3.63, 3.8) is 0 Å². The molecule has 0 unspecified atom stereocenters. The highest BCUT2D eigenvalue weighted by Crippen LogP contribution is 2.31. The number of benzene rings is 1. The Bertz CT molecular complexity index is 619. The van der Waals surface area contributed by atoms with Crippen LogP contribution in [0.25, 0.3) is 11.3 Å². The molecule has 0 aliphatic heterocycles. The van der Waals surface area contributed by atoms with E-state index in [-0.39, 0.29) is 5.02 Å². The number of nitrogens with two attached hydrogens (primary N) is 1. The van der Waals surface area contributed by atoms with Gasteiger partial charge in [0.05, 0.1) is 5.02 Å². The second-order valence-corrected chi connectivity index (χ2v) is 4.52. The zero-order chi connectivity index (χ0) is 14.0. The Morgan fingerprint density at radius 3 is 2.89 bits per heavy atom. The van der Waals surface area contributed by atoms with Gasteiger partial charge in [0.25, 0.3) is 0 Å². The van der Waals surface area contributed by atoms with Gasteiger partial charge < -0.3 is 10.3 Å². The minimum absolute atomic E-state index is 0.0632. The van der Waals surface area contributed by atoms with Crippen LogP contribution in [0, 0.1) is 5.82 Å². The van der Waals surface area contributed by atoms with Crippen LogP contribution in [0.5, 0.6) is 0 Å². The molecule has 2 N–H and O–H groups in total. The van der Waals surface area contributed by atoms with Gasteiger partial charge >= 0.3 is 0 Å². The molecular weight excluding hydrogens is 265 g/mol. The summed E-state index contributed by atoms with van der Waals surface area (Å²) in [5, 5.41) is 0.0632. The number of aromatic nitrogens is 2. The highest BCUT2D eigenvalue weighted by Gasteiger charge is 2.18. The van der Waals surface area contributed by atoms with Gasteiger partial charge in [0.2, 0.25) is 0 Å². The van der Waals surface area contributed by atoms with E-state index in [2.05, 4.69) is 11.6 Å². The highest BCUT2D eigenvalue weighted by atomic mass is 35.5. The van der Waals surface area contributed by atoms with Gasteiger partial charge in [-0.3, -0.25) is 0 Å². The van der Waals surface area contributed by atoms with E-state index in [1.54, 1.807) is 18.2 Å². The molecule has 0 saturated carbocycles. The summed E-state index contributed by atoms with van der Waals surface area (Å²) in [4.78, 5) is 4.41. The smallest absolute Gasteiger partial charge is 0.151 e. The van der Waals surface area contributed by atoms with E-state index in [0.29, 0.717) is 30.0 Å². The summed E-state index contributed by atoms with van der Waals surface area (Å²) in [7, 11) is 0. The highest BCUT2D eigenvalue weighted by molar-refractivity contribution is 6.31. The number of imidazole rings is 1. The lowest BCUT2D eigenvalue weighted by Gasteiger charge is -2.06. The zero-order valence-electron chi connectivity index (χ0n) is 10.7. The number of aryl methyl sites for hydroxylation is 1. The van der Waals surface area contributed by atoms with Gasteiger partial charge in [-0.25, -0.2) is 9.37 Å². The zero-order valence-corrected chi connectivity index (χ0v) is 11.4. The van der Waals surface area contributed by atoms with E-state index in [1.165, 1.54) is 6.07 Å². The summed E-state index contributed by atoms with van der Waals surface area (Å²) in [5.74, 6) is 0.728. The van der Waals surface area contributed by atoms with Crippen LogP contribution in [0.15, 0.2) is 30.9 Å². The Morgan fingerprint density at radius 2 is 2.26 bits per heavy atom. The van der Waals surface area contributed by atoms with Gasteiger partial charge in [-0.2, -0.15) is 0 Å². The summed E-state index contributed by atoms with van der Waals surface area (Å²) in [6, 6.07) is 4.80. The third kappa shape index (κ3) is 2.36. The molecule has 19 heavy (non-hydrogen) atoms. The molecule has 1 heterocycles. The minimum Gasteiger partial charge on any atom is -0.383 e. The largest absolute Gasteiger partial charge is 0.383 e. The van der Waals surface area contributed by atoms with E-state index >= 15 is 0 Å². The Balaban J connectivity index is 2.63. The van der Waals surface area contributed by atoms with E-state index < -0.39 is 5.82 Å². The van der Waals surface area contributed by atoms with Crippen molar-refractivity contribution in [2.45, 2.75) is 19.9 Å². The van der Waals surface area contributed by atoms with Gasteiger partial charge in [-0.15, -0.1) is 6.58 Å². The molecule has 1 aromatic heterocycles. The Morgan fingerprint density at radius 1 is 1.53 bits per heavy atom. The van der Waals surface area contributed by atoms with Gasteiger partial charge in [0.15, 0.2) is 5.82 Å². The summed E-state index contributed by atoms with van der Waals surface area (Å²) in [5.41, 5.74) is 6.81. The van der Waals surface area contributed by atoms with Crippen LogP contribution in [0.1, 0.15) is 12.7 Å². The molecule has 1 aromatic carbocycles. The fraction of sp³-hybridized carbons (Fsp3) is 0.214. The molecule has 0 atom stereocenters. The third-order valence-corrected chi connectivity index (χ3v) is 3.21. The molecule has 0 aliphatic carbocycles. The fourth-order valence-corrected chi connectivity index (χ4v) is 2.18. The van der Waals surface area contributed by atoms with Crippen LogP contribution >= 0.6 is 11.6 Å². The molecule has 0 saturated heterocycles. The van der Waals surface area contributed by atoms with Crippen LogP contribution in [0.4, 0.5) is 10.2 Å². The molecule has 0 fully saturated rings. The molecular formula is C14H15ClFN3. The molecule has 2 rings (SSSR count). The quantitative estimate of drug-likeness (QED) is 0.868. The van der Waals surface area contributed by atoms with Crippen LogP contribution in [0.2, 0.25) is 5.02 Å². The normalized spacial score (nSPS) is 10.7. The molecule has 5 heteroatoms. The lowest BCUT2D eigenvalue weighted by atomic mass is 10.1. The molecule has 0 bridgehead atoms. The van der Waals surface area contributed by atoms with Crippen molar-refractivity contribution in [2.24, 2.45) is 0 Å². The minimum atomic E-state index is -0.498. The molecule has 3 nitrogen and oxygen atoms in total. The average molecular weight is 280 g/mol. The number of nitrogens with zero attached hydrogens (tertiary/aromatic N) is 2. The van der Waals surface area contributed by atoms with Crippen molar-refractivity contribution in [2.75, 3.05) is 5.73 Å². The first-order chi connectivity index (χ1) is 9.10. The maximum absolute atomic E-state index is 14.0. The first-order valence-corrected chi connectivity index (χ1v) is 6.38. The molecule has 100 valence electrons. The standard InChI is InChI=1S/C14H15ClFN3/c1-3-8-19-11(4-2)18-13(14(19)17)9-6-5-7-10(15)12(9)16/h3,5-7H,1,4,8,17H2,2H3. The van der Waals surface area contributed by atoms with E-state index in [1.807, 2.05) is 11.5 Å². The molecule has 0 amide bonds. The van der Waals surface area contributed by atoms with Gasteiger partial charge in [0, 0.05) is 18.5 Å². The van der Waals surface area contributed by atoms with Gasteiger partial charge in [-0.05, 0) is 12.1 Å². The number of rotatable bonds is 4. The monoisotopic (exact) mass is 279 g/mol. The number of anilines is 1. The topological polar surface area (TPSA) is 43.8 Å². The van der Waals surface area contributed by atoms with Crippen molar-refractivity contribution in [3.8, 4) is 11.3 Å². The number of hydrogen-bond donors (Lipinski definition) is 1. The number of halogens is 2. The van der Waals surface area contributed by atoms with Crippen molar-refractivity contribution >= 4 is 17.4 Å². The maximum atomic E-state index is 14.0. The Kier molecular flexibility index (Phi) is 3.90. The van der Waals surface area contributed by atoms with Crippen LogP contribution in [-0.4, -0.2) is 9.55 Å². The second-order valence-electron chi connectivity index (χ2n) is 4.12. The lowest BCUT2D eigenvalue weighted by molar-refractivity contribution is 0.631. The van der Waals surface area contributed by atoms with Crippen molar-refractivity contribution in [1.29, 1.82) is 0 Å². The lowest BCUT2D eigenvalue weighted by Crippen LogP contribution is -2.05. The van der Waals surface area contributed by atoms with Gasteiger partial charge in [-0.1, -0.05) is 30.7 Å². The first-order valence-electron chi connectivity index (χ1n) is 6.00. The molecule has 0 radical (unpaired) electrons. The average Bonchev–Trinajstić information content (AvgIpc) is 2.71. The molecule has 2 aromatic rings. The van der Waals surface area contributed by atoms with Crippen molar-refractivity contribution in [1.82, 2.24) is 9.55 Å². The predicted molar refractivity (Wildman–Crippen MR) is 76.6 cm³/mol. The van der Waals surface area contributed by atoms with E-state index in [9.17, 15) is 4.39 Å². The third-order valence-electron chi connectivity index (χ3n) is 2.92. The van der Waals surface area contributed by atoms with Crippen LogP contribution < -0.4 is 5.73 Å². The number of allylic oxidation sites excluding steroid dienone is 1. The maximum Gasteiger partial charge on any atom is 0.151 e. The summed E-state index contributed by atoms with van der Waals surface area (Å²) in [6.45, 7) is 6.20. The van der Waals surface area contributed by atoms with Gasteiger partial charge in [0.1, 0.15) is 17.3 Å². The predicted octanol–water partition coefficient (Wildman–Crippen LogP) is 3.67. The second kappa shape index (κ2) is 5.45. The summed E-state index contributed by atoms with van der Waals surface area (Å²) >= 11 is 5.79. The first kappa shape index (κ1) is 13.6. The SMILES string of the molecule is C=CCn1c(CC)nc(-c2cccc(Cl)c2F)c1N. The number of nitrogen functional groups attached to an aromatic ring is 1. The van der Waals surface area contributed by atoms with Crippen LogP contribution in [0.3, 0.4) is 0 Å². The van der Waals surface area contributed by atoms with E-state index in [0.717, 1.165) is 5.82 Å². The van der Waals surface area contributed by atoms with Crippen LogP contribution in [-0.2, 0) is 13.0 Å². The summed E-state index contributed by atoms with van der Waals surface area (Å²) < 4.78 is 15.9. The Hall–Kier alpha value is -1.81. The summed E-state index contributed by atoms with van der Waals surface area (Å²) in [6.07, 6.45) is 2.44. The fourth-order valence-electron chi connectivity index (χ4n) is 2.00. The van der Waals surface area contributed by atoms with Crippen molar-refractivity contribution < 1.29 is 4.39 Å². The van der Waals surface area contributed by atoms with Crippen molar-refractivity contribution in [3.05, 3.63) is 47.5 Å². The Labute approximate surface area is 116 Å². The number of hydrogen-bond acceptors (Lipinski definition) is 2. The molecule has 0 aliphatic rings.